The highest BCUT2D eigenvalue weighted by molar-refractivity contribution is 5.44. The molecule has 0 spiro atoms. The Morgan fingerprint density at radius 1 is 0.808 bits per heavy atom. The van der Waals surface area contributed by atoms with Crippen LogP contribution in [0.15, 0.2) is 36.4 Å². The van der Waals surface area contributed by atoms with Crippen LogP contribution in [-0.2, 0) is 25.2 Å². The van der Waals surface area contributed by atoms with Crippen molar-refractivity contribution in [2.45, 2.75) is 45.5 Å². The Labute approximate surface area is 147 Å². The Balaban J connectivity index is 2.43. The van der Waals surface area contributed by atoms with Crippen molar-refractivity contribution in [3.05, 3.63) is 58.7 Å². The number of aryl methyl sites for hydroxylation is 2. The lowest BCUT2D eigenvalue weighted by atomic mass is 10.0. The largest absolute Gasteiger partial charge is 0.457 e. The molecule has 0 heterocycles. The summed E-state index contributed by atoms with van der Waals surface area (Å²) in [4.78, 5) is 0. The van der Waals surface area contributed by atoms with E-state index in [2.05, 4.69) is 0 Å². The molecule has 0 unspecified atom stereocenters. The molecule has 0 atom stereocenters. The first-order valence-corrected chi connectivity index (χ1v) is 8.14. The number of alkyl halides is 6. The van der Waals surface area contributed by atoms with Gasteiger partial charge < -0.3 is 4.74 Å². The lowest BCUT2D eigenvalue weighted by Gasteiger charge is -2.17. The van der Waals surface area contributed by atoms with Crippen molar-refractivity contribution in [1.82, 2.24) is 0 Å². The Morgan fingerprint density at radius 3 is 2.04 bits per heavy atom. The van der Waals surface area contributed by atoms with Crippen LogP contribution in [0.1, 0.15) is 42.5 Å². The summed E-state index contributed by atoms with van der Waals surface area (Å²) in [5.41, 5.74) is -0.816. The van der Waals surface area contributed by atoms with Crippen LogP contribution in [0.5, 0.6) is 11.5 Å². The molecule has 142 valence electrons. The third-order valence-electron chi connectivity index (χ3n) is 3.92. The van der Waals surface area contributed by atoms with Crippen molar-refractivity contribution >= 4 is 0 Å². The van der Waals surface area contributed by atoms with Gasteiger partial charge in [-0.3, -0.25) is 0 Å². The van der Waals surface area contributed by atoms with Gasteiger partial charge >= 0.3 is 12.4 Å². The van der Waals surface area contributed by atoms with Gasteiger partial charge in [-0.2, -0.15) is 26.3 Å². The standard InChI is InChI=1S/C19H18F6O/c1-3-5-13-6-8-15(10-12(13)4-2)26-17-9-7-14(18(20,21)22)11-16(17)19(23,24)25/h6-11H,3-5H2,1-2H3. The molecule has 0 aliphatic carbocycles. The van der Waals surface area contributed by atoms with Gasteiger partial charge in [0.05, 0.1) is 11.1 Å². The van der Waals surface area contributed by atoms with Gasteiger partial charge in [0, 0.05) is 0 Å². The van der Waals surface area contributed by atoms with Crippen LogP contribution in [0.4, 0.5) is 26.3 Å². The van der Waals surface area contributed by atoms with Crippen LogP contribution in [0, 0.1) is 0 Å². The Kier molecular flexibility index (Phi) is 5.88. The van der Waals surface area contributed by atoms with E-state index in [-0.39, 0.29) is 11.8 Å². The highest BCUT2D eigenvalue weighted by Gasteiger charge is 2.39. The number of hydrogen-bond acceptors (Lipinski definition) is 1. The van der Waals surface area contributed by atoms with Crippen molar-refractivity contribution in [2.24, 2.45) is 0 Å². The minimum Gasteiger partial charge on any atom is -0.457 e. The van der Waals surface area contributed by atoms with Gasteiger partial charge in [-0.15, -0.1) is 0 Å². The molecule has 0 aliphatic heterocycles. The number of benzene rings is 2. The molecule has 0 radical (unpaired) electrons. The maximum Gasteiger partial charge on any atom is 0.420 e. The normalized spacial score (nSPS) is 12.3. The van der Waals surface area contributed by atoms with Crippen molar-refractivity contribution in [3.63, 3.8) is 0 Å². The van der Waals surface area contributed by atoms with Crippen LogP contribution >= 0.6 is 0 Å². The first-order chi connectivity index (χ1) is 12.1. The maximum atomic E-state index is 13.2. The SMILES string of the molecule is CCCc1ccc(Oc2ccc(C(F)(F)F)cc2C(F)(F)F)cc1CC. The highest BCUT2D eigenvalue weighted by atomic mass is 19.4. The van der Waals surface area contributed by atoms with E-state index in [1.54, 1.807) is 12.1 Å². The van der Waals surface area contributed by atoms with E-state index in [9.17, 15) is 26.3 Å². The summed E-state index contributed by atoms with van der Waals surface area (Å²) in [5, 5.41) is 0. The minimum atomic E-state index is -4.97. The van der Waals surface area contributed by atoms with Crippen molar-refractivity contribution in [1.29, 1.82) is 0 Å². The fourth-order valence-electron chi connectivity index (χ4n) is 2.65. The quantitative estimate of drug-likeness (QED) is 0.509. The van der Waals surface area contributed by atoms with Gasteiger partial charge in [0.1, 0.15) is 11.5 Å². The average Bonchev–Trinajstić information content (AvgIpc) is 2.54. The fraction of sp³-hybridized carbons (Fsp3) is 0.368. The first kappa shape index (κ1) is 20.1. The zero-order valence-electron chi connectivity index (χ0n) is 14.3. The van der Waals surface area contributed by atoms with Gasteiger partial charge in [0.2, 0.25) is 0 Å². The lowest BCUT2D eigenvalue weighted by molar-refractivity contribution is -0.143. The molecule has 0 saturated heterocycles. The molecule has 0 aliphatic rings. The summed E-state index contributed by atoms with van der Waals surface area (Å²) in [6.07, 6.45) is -7.41. The second kappa shape index (κ2) is 7.60. The van der Waals surface area contributed by atoms with Crippen LogP contribution in [0.25, 0.3) is 0 Å². The van der Waals surface area contributed by atoms with E-state index in [1.807, 2.05) is 13.8 Å². The van der Waals surface area contributed by atoms with Gasteiger partial charge in [0.25, 0.3) is 0 Å². The molecule has 26 heavy (non-hydrogen) atoms. The van der Waals surface area contributed by atoms with E-state index >= 15 is 0 Å². The Hall–Kier alpha value is -2.18. The monoisotopic (exact) mass is 376 g/mol. The van der Waals surface area contributed by atoms with E-state index in [0.29, 0.717) is 18.6 Å². The average molecular weight is 376 g/mol. The Bertz CT molecular complexity index is 762. The molecular weight excluding hydrogens is 358 g/mol. The molecule has 0 N–H and O–H groups in total. The third-order valence-corrected chi connectivity index (χ3v) is 3.92. The smallest absolute Gasteiger partial charge is 0.420 e. The highest BCUT2D eigenvalue weighted by Crippen LogP contribution is 2.41. The van der Waals surface area contributed by atoms with E-state index in [4.69, 9.17) is 4.74 Å². The zero-order valence-corrected chi connectivity index (χ0v) is 14.3. The van der Waals surface area contributed by atoms with Crippen molar-refractivity contribution < 1.29 is 31.1 Å². The zero-order chi connectivity index (χ0) is 19.5. The van der Waals surface area contributed by atoms with Gasteiger partial charge in [-0.05, 0) is 54.3 Å². The van der Waals surface area contributed by atoms with Gasteiger partial charge in [-0.25, -0.2) is 0 Å². The second-order valence-corrected chi connectivity index (χ2v) is 5.84. The molecule has 2 aromatic carbocycles. The first-order valence-electron chi connectivity index (χ1n) is 8.14. The summed E-state index contributed by atoms with van der Waals surface area (Å²) in [7, 11) is 0. The van der Waals surface area contributed by atoms with E-state index < -0.39 is 29.2 Å². The topological polar surface area (TPSA) is 9.23 Å². The summed E-state index contributed by atoms with van der Waals surface area (Å²) in [5.74, 6) is -0.497. The van der Waals surface area contributed by atoms with E-state index in [0.717, 1.165) is 24.0 Å². The summed E-state index contributed by atoms with van der Waals surface area (Å²) in [6, 6.07) is 6.29. The summed E-state index contributed by atoms with van der Waals surface area (Å²) in [6.45, 7) is 3.93. The third kappa shape index (κ3) is 4.71. The minimum absolute atomic E-state index is 0.0710. The molecule has 0 saturated carbocycles. The predicted molar refractivity (Wildman–Crippen MR) is 86.3 cm³/mol. The number of rotatable bonds is 5. The molecule has 1 nitrogen and oxygen atoms in total. The number of ether oxygens (including phenoxy) is 1. The predicted octanol–water partition coefficient (Wildman–Crippen LogP) is 7.03. The fourth-order valence-corrected chi connectivity index (χ4v) is 2.65. The molecule has 0 amide bonds. The molecule has 0 aromatic heterocycles. The molecule has 2 aromatic rings. The second-order valence-electron chi connectivity index (χ2n) is 5.84. The van der Waals surface area contributed by atoms with Crippen LogP contribution in [-0.4, -0.2) is 0 Å². The summed E-state index contributed by atoms with van der Waals surface area (Å²) >= 11 is 0. The molecular formula is C19H18F6O. The van der Waals surface area contributed by atoms with Crippen LogP contribution in [0.3, 0.4) is 0 Å². The summed E-state index contributed by atoms with van der Waals surface area (Å²) < 4.78 is 83.0. The molecule has 7 heteroatoms. The maximum absolute atomic E-state index is 13.2. The molecule has 2 rings (SSSR count). The number of hydrogen-bond donors (Lipinski definition) is 0. The lowest BCUT2D eigenvalue weighted by Crippen LogP contribution is -2.12. The molecule has 0 bridgehead atoms. The van der Waals surface area contributed by atoms with E-state index in [1.165, 1.54) is 6.07 Å². The molecule has 0 fully saturated rings. The Morgan fingerprint density at radius 2 is 1.50 bits per heavy atom. The van der Waals surface area contributed by atoms with Gasteiger partial charge in [-0.1, -0.05) is 26.3 Å². The van der Waals surface area contributed by atoms with Crippen LogP contribution in [0.2, 0.25) is 0 Å². The van der Waals surface area contributed by atoms with Crippen molar-refractivity contribution in [3.8, 4) is 11.5 Å². The van der Waals surface area contributed by atoms with Gasteiger partial charge in [0.15, 0.2) is 0 Å². The van der Waals surface area contributed by atoms with Crippen LogP contribution < -0.4 is 4.74 Å². The van der Waals surface area contributed by atoms with Crippen molar-refractivity contribution in [2.75, 3.05) is 0 Å². The number of halogens is 6.